The lowest BCUT2D eigenvalue weighted by molar-refractivity contribution is -0.129. The number of sulfonamides is 1. The van der Waals surface area contributed by atoms with Crippen LogP contribution >= 0.6 is 11.3 Å². The van der Waals surface area contributed by atoms with E-state index in [2.05, 4.69) is 10.6 Å². The van der Waals surface area contributed by atoms with Crippen LogP contribution in [0.2, 0.25) is 0 Å². The van der Waals surface area contributed by atoms with E-state index >= 15 is 0 Å². The molecule has 1 unspecified atom stereocenters. The Morgan fingerprint density at radius 2 is 1.97 bits per heavy atom. The predicted octanol–water partition coefficient (Wildman–Crippen LogP) is 2.55. The minimum absolute atomic E-state index is 0.0719. The molecule has 1 aromatic carbocycles. The molecule has 1 saturated heterocycles. The van der Waals surface area contributed by atoms with Gasteiger partial charge in [0.2, 0.25) is 15.9 Å². The van der Waals surface area contributed by atoms with E-state index in [4.69, 9.17) is 0 Å². The molecule has 180 valence electrons. The molecule has 3 rings (SSSR count). The average Bonchev–Trinajstić information content (AvgIpc) is 3.12. The fraction of sp³-hybridized carbons (Fsp3) is 0.522. The summed E-state index contributed by atoms with van der Waals surface area (Å²) in [4.78, 5) is 39.2. The number of benzene rings is 1. The molecule has 2 heterocycles. The fourth-order valence-corrected chi connectivity index (χ4v) is 5.93. The van der Waals surface area contributed by atoms with E-state index in [-0.39, 0.29) is 36.5 Å². The molecule has 33 heavy (non-hydrogen) atoms. The molecular weight excluding hydrogens is 462 g/mol. The number of carbonyl (C=O) groups is 3. The third kappa shape index (κ3) is 6.39. The minimum Gasteiger partial charge on any atom is -0.344 e. The molecule has 1 fully saturated rings. The maximum Gasteiger partial charge on any atom is 0.262 e. The Balaban J connectivity index is 1.69. The Morgan fingerprint density at radius 1 is 1.24 bits per heavy atom. The van der Waals surface area contributed by atoms with Crippen LogP contribution in [0.25, 0.3) is 10.1 Å². The number of fused-ring (bicyclic) bond motifs is 1. The summed E-state index contributed by atoms with van der Waals surface area (Å²) in [6.07, 6.45) is 1.25. The van der Waals surface area contributed by atoms with Gasteiger partial charge in [-0.15, -0.1) is 11.3 Å². The summed E-state index contributed by atoms with van der Waals surface area (Å²) < 4.78 is 26.5. The molecule has 0 spiro atoms. The zero-order chi connectivity index (χ0) is 24.2. The van der Waals surface area contributed by atoms with Crippen molar-refractivity contribution in [3.05, 3.63) is 35.2 Å². The van der Waals surface area contributed by atoms with Gasteiger partial charge in [-0.2, -0.15) is 4.31 Å². The summed E-state index contributed by atoms with van der Waals surface area (Å²) in [5.41, 5.74) is 0. The van der Waals surface area contributed by atoms with E-state index < -0.39 is 28.0 Å². The topological polar surface area (TPSA) is 113 Å². The summed E-state index contributed by atoms with van der Waals surface area (Å²) in [6.45, 7) is 5.46. The molecule has 0 bridgehead atoms. The number of hydrogen-bond acceptors (Lipinski definition) is 6. The van der Waals surface area contributed by atoms with E-state index in [0.29, 0.717) is 24.1 Å². The third-order valence-corrected chi connectivity index (χ3v) is 8.62. The SMILES string of the molecule is CCS(=O)(=O)N1CCCC(NC(=O)[C@H](CC(C)C)NC(=O)c2cc3ccccc3s2)C(=O)C1. The van der Waals surface area contributed by atoms with Gasteiger partial charge in [-0.1, -0.05) is 32.0 Å². The van der Waals surface area contributed by atoms with Gasteiger partial charge in [-0.05, 0) is 49.6 Å². The van der Waals surface area contributed by atoms with Crippen LogP contribution in [0.15, 0.2) is 30.3 Å². The number of Topliss-reactive ketones (excluding diaryl/α,β-unsaturated/α-hetero) is 1. The summed E-state index contributed by atoms with van der Waals surface area (Å²) in [6, 6.07) is 7.92. The van der Waals surface area contributed by atoms with Gasteiger partial charge in [-0.3, -0.25) is 14.4 Å². The van der Waals surface area contributed by atoms with Gasteiger partial charge in [0.15, 0.2) is 5.78 Å². The van der Waals surface area contributed by atoms with Crippen molar-refractivity contribution in [2.45, 2.75) is 52.1 Å². The van der Waals surface area contributed by atoms with Crippen LogP contribution in [0.3, 0.4) is 0 Å². The normalized spacial score (nSPS) is 18.8. The van der Waals surface area contributed by atoms with Crippen molar-refractivity contribution in [3.8, 4) is 0 Å². The highest BCUT2D eigenvalue weighted by atomic mass is 32.2. The molecule has 2 aromatic rings. The minimum atomic E-state index is -3.48. The van der Waals surface area contributed by atoms with E-state index in [1.54, 1.807) is 13.0 Å². The van der Waals surface area contributed by atoms with Gasteiger partial charge in [-0.25, -0.2) is 8.42 Å². The van der Waals surface area contributed by atoms with E-state index in [1.807, 2.05) is 38.1 Å². The molecule has 0 saturated carbocycles. The van der Waals surface area contributed by atoms with Crippen LogP contribution in [-0.2, 0) is 19.6 Å². The van der Waals surface area contributed by atoms with Gasteiger partial charge in [0.1, 0.15) is 6.04 Å². The van der Waals surface area contributed by atoms with E-state index in [0.717, 1.165) is 10.1 Å². The lowest BCUT2D eigenvalue weighted by Crippen LogP contribution is -2.52. The molecule has 1 aromatic heterocycles. The first-order valence-corrected chi connectivity index (χ1v) is 13.6. The third-order valence-electron chi connectivity index (χ3n) is 5.67. The number of amides is 2. The largest absolute Gasteiger partial charge is 0.344 e. The number of carbonyl (C=O) groups excluding carboxylic acids is 3. The lowest BCUT2D eigenvalue weighted by atomic mass is 10.0. The smallest absolute Gasteiger partial charge is 0.262 e. The second kappa shape index (κ2) is 10.8. The van der Waals surface area contributed by atoms with Gasteiger partial charge in [0, 0.05) is 11.2 Å². The van der Waals surface area contributed by atoms with Crippen molar-refractivity contribution in [1.82, 2.24) is 14.9 Å². The number of nitrogens with one attached hydrogen (secondary N) is 2. The van der Waals surface area contributed by atoms with Crippen LogP contribution in [0.5, 0.6) is 0 Å². The Kier molecular flexibility index (Phi) is 8.25. The van der Waals surface area contributed by atoms with Crippen molar-refractivity contribution in [2.24, 2.45) is 5.92 Å². The fourth-order valence-electron chi connectivity index (χ4n) is 3.87. The second-order valence-corrected chi connectivity index (χ2v) is 12.0. The van der Waals surface area contributed by atoms with Crippen molar-refractivity contribution in [3.63, 3.8) is 0 Å². The molecule has 1 aliphatic heterocycles. The summed E-state index contributed by atoms with van der Waals surface area (Å²) in [5.74, 6) is -1.03. The maximum atomic E-state index is 13.1. The van der Waals surface area contributed by atoms with Crippen molar-refractivity contribution in [1.29, 1.82) is 0 Å². The molecule has 1 aliphatic rings. The van der Waals surface area contributed by atoms with Crippen LogP contribution in [0.1, 0.15) is 49.7 Å². The number of rotatable bonds is 8. The molecular formula is C23H31N3O5S2. The van der Waals surface area contributed by atoms with Crippen molar-refractivity contribution in [2.75, 3.05) is 18.8 Å². The molecule has 2 N–H and O–H groups in total. The first-order chi connectivity index (χ1) is 15.6. The summed E-state index contributed by atoms with van der Waals surface area (Å²) in [7, 11) is -3.48. The number of hydrogen-bond donors (Lipinski definition) is 2. The number of nitrogens with zero attached hydrogens (tertiary/aromatic N) is 1. The maximum absolute atomic E-state index is 13.1. The van der Waals surface area contributed by atoms with Gasteiger partial charge >= 0.3 is 0 Å². The van der Waals surface area contributed by atoms with Crippen molar-refractivity contribution < 1.29 is 22.8 Å². The van der Waals surface area contributed by atoms with E-state index in [1.165, 1.54) is 15.6 Å². The van der Waals surface area contributed by atoms with Crippen LogP contribution < -0.4 is 10.6 Å². The first-order valence-electron chi connectivity index (χ1n) is 11.2. The Labute approximate surface area is 198 Å². The standard InChI is InChI=1S/C23H31N3O5S2/c1-4-33(30,31)26-11-7-9-17(19(27)14-26)24-22(28)18(12-15(2)3)25-23(29)21-13-16-8-5-6-10-20(16)32-21/h5-6,8,10,13,15,17-18H,4,7,9,11-12,14H2,1-3H3,(H,24,28)(H,25,29)/t17?,18-/m0/s1. The quantitative estimate of drug-likeness (QED) is 0.587. The molecule has 0 radical (unpaired) electrons. The highest BCUT2D eigenvalue weighted by Gasteiger charge is 2.33. The Bertz CT molecular complexity index is 1090. The molecule has 0 aliphatic carbocycles. The lowest BCUT2D eigenvalue weighted by Gasteiger charge is -2.23. The monoisotopic (exact) mass is 493 g/mol. The highest BCUT2D eigenvalue weighted by molar-refractivity contribution is 7.89. The predicted molar refractivity (Wildman–Crippen MR) is 130 cm³/mol. The van der Waals surface area contributed by atoms with Gasteiger partial charge < -0.3 is 10.6 Å². The first kappa shape index (κ1) is 25.3. The Hall–Kier alpha value is -2.30. The molecule has 2 amide bonds. The zero-order valence-electron chi connectivity index (χ0n) is 19.2. The number of ketones is 1. The Morgan fingerprint density at radius 3 is 2.64 bits per heavy atom. The summed E-state index contributed by atoms with van der Waals surface area (Å²) in [5, 5.41) is 6.56. The van der Waals surface area contributed by atoms with E-state index in [9.17, 15) is 22.8 Å². The highest BCUT2D eigenvalue weighted by Crippen LogP contribution is 2.25. The molecule has 10 heteroatoms. The van der Waals surface area contributed by atoms with Crippen LogP contribution in [-0.4, -0.2) is 61.2 Å². The van der Waals surface area contributed by atoms with Crippen LogP contribution in [0, 0.1) is 5.92 Å². The molecule has 8 nitrogen and oxygen atoms in total. The number of thiophene rings is 1. The zero-order valence-corrected chi connectivity index (χ0v) is 20.8. The van der Waals surface area contributed by atoms with Crippen molar-refractivity contribution >= 4 is 49.0 Å². The second-order valence-electron chi connectivity index (χ2n) is 8.71. The molecule has 2 atom stereocenters. The average molecular weight is 494 g/mol. The van der Waals surface area contributed by atoms with Crippen LogP contribution in [0.4, 0.5) is 0 Å². The summed E-state index contributed by atoms with van der Waals surface area (Å²) >= 11 is 1.36. The van der Waals surface area contributed by atoms with Gasteiger partial charge in [0.25, 0.3) is 5.91 Å². The van der Waals surface area contributed by atoms with Gasteiger partial charge in [0.05, 0.1) is 23.2 Å².